The van der Waals surface area contributed by atoms with Crippen molar-refractivity contribution >= 4 is 66.1 Å². The highest BCUT2D eigenvalue weighted by Crippen LogP contribution is 2.35. The van der Waals surface area contributed by atoms with E-state index in [2.05, 4.69) is 57.6 Å². The molecule has 2 aromatic heterocycles. The second kappa shape index (κ2) is 7.96. The topological polar surface area (TPSA) is 97.5 Å². The zero-order valence-corrected chi connectivity index (χ0v) is 18.7. The van der Waals surface area contributed by atoms with E-state index in [-0.39, 0.29) is 11.7 Å². The number of fused-ring (bicyclic) bond motifs is 3. The average Bonchev–Trinajstić information content (AvgIpc) is 2.97. The van der Waals surface area contributed by atoms with Gasteiger partial charge < -0.3 is 14.4 Å². The van der Waals surface area contributed by atoms with Gasteiger partial charge in [-0.1, -0.05) is 15.9 Å². The van der Waals surface area contributed by atoms with Crippen LogP contribution in [-0.2, 0) is 7.05 Å². The van der Waals surface area contributed by atoms with E-state index >= 15 is 0 Å². The number of aromatic nitrogens is 4. The zero-order valence-electron chi connectivity index (χ0n) is 15.5. The number of hydrogen-bond acceptors (Lipinski definition) is 7. The smallest absolute Gasteiger partial charge is 0.265 e. The van der Waals surface area contributed by atoms with Crippen LogP contribution in [0, 0.1) is 0 Å². The van der Waals surface area contributed by atoms with Crippen molar-refractivity contribution in [2.24, 2.45) is 12.1 Å². The Kier molecular flexibility index (Phi) is 5.37. The molecule has 148 valence electrons. The Labute approximate surface area is 182 Å². The van der Waals surface area contributed by atoms with Crippen molar-refractivity contribution in [1.82, 2.24) is 19.7 Å². The number of nitrogens with zero attached hydrogens (tertiary/aromatic N) is 5. The predicted molar refractivity (Wildman–Crippen MR) is 120 cm³/mol. The van der Waals surface area contributed by atoms with Crippen molar-refractivity contribution in [3.63, 3.8) is 0 Å². The van der Waals surface area contributed by atoms with Crippen molar-refractivity contribution in [3.05, 3.63) is 44.8 Å². The van der Waals surface area contributed by atoms with Crippen molar-refractivity contribution in [2.75, 3.05) is 12.0 Å². The molecule has 0 fully saturated rings. The maximum atomic E-state index is 9.99. The molecule has 0 spiro atoms. The maximum Gasteiger partial charge on any atom is 0.265 e. The molecule has 0 saturated heterocycles. The number of benzene rings is 2. The quantitative estimate of drug-likeness (QED) is 0.295. The van der Waals surface area contributed by atoms with Gasteiger partial charge in [-0.2, -0.15) is 10.1 Å². The number of phenols is 1. The van der Waals surface area contributed by atoms with E-state index in [0.29, 0.717) is 22.5 Å². The van der Waals surface area contributed by atoms with Crippen LogP contribution in [0.25, 0.3) is 22.1 Å². The number of aryl methyl sites for hydroxylation is 1. The largest absolute Gasteiger partial charge is 0.503 e. The fourth-order valence-electron chi connectivity index (χ4n) is 2.98. The fraction of sp³-hybridized carbons (Fsp3) is 0.158. The van der Waals surface area contributed by atoms with E-state index in [1.165, 1.54) is 0 Å². The number of nitrogens with one attached hydrogen (secondary N) is 1. The second-order valence-corrected chi connectivity index (χ2v) is 7.95. The highest BCUT2D eigenvalue weighted by molar-refractivity contribution is 9.10. The SMILES string of the molecule is CCOc1cc(/C=N/Nc2nnc3c4cc(Br)ccc4n(C)c3n2)cc(Br)c1O. The minimum atomic E-state index is 0.0531. The summed E-state index contributed by atoms with van der Waals surface area (Å²) in [6, 6.07) is 9.40. The molecule has 0 bridgehead atoms. The molecule has 2 heterocycles. The number of phenolic OH excluding ortho intramolecular Hbond substituents is 1. The molecule has 8 nitrogen and oxygen atoms in total. The molecule has 0 amide bonds. The van der Waals surface area contributed by atoms with Crippen LogP contribution in [0.4, 0.5) is 5.95 Å². The molecular formula is C19H16Br2N6O2. The summed E-state index contributed by atoms with van der Waals surface area (Å²) in [6.45, 7) is 2.29. The Morgan fingerprint density at radius 3 is 2.86 bits per heavy atom. The average molecular weight is 520 g/mol. The fourth-order valence-corrected chi connectivity index (χ4v) is 3.80. The van der Waals surface area contributed by atoms with Crippen LogP contribution in [0.15, 0.2) is 44.4 Å². The molecule has 0 aliphatic heterocycles. The molecule has 4 aromatic rings. The van der Waals surface area contributed by atoms with Gasteiger partial charge in [-0.3, -0.25) is 0 Å². The van der Waals surface area contributed by atoms with Crippen LogP contribution in [0.5, 0.6) is 11.5 Å². The normalized spacial score (nSPS) is 11.6. The maximum absolute atomic E-state index is 9.99. The Balaban J connectivity index is 1.62. The van der Waals surface area contributed by atoms with Gasteiger partial charge in [-0.05, 0) is 58.7 Å². The molecule has 10 heteroatoms. The summed E-state index contributed by atoms with van der Waals surface area (Å²) in [7, 11) is 1.93. The molecule has 0 unspecified atom stereocenters. The van der Waals surface area contributed by atoms with E-state index in [1.807, 2.05) is 36.7 Å². The third-order valence-electron chi connectivity index (χ3n) is 4.29. The van der Waals surface area contributed by atoms with E-state index in [9.17, 15) is 5.11 Å². The first-order chi connectivity index (χ1) is 14.0. The first-order valence-corrected chi connectivity index (χ1v) is 10.3. The number of hydrogen-bond donors (Lipinski definition) is 2. The van der Waals surface area contributed by atoms with Crippen LogP contribution in [0.3, 0.4) is 0 Å². The standard InChI is InChI=1S/C19H16Br2N6O2/c1-3-29-15-7-10(6-13(21)17(15)28)9-22-25-19-23-18-16(24-26-19)12-8-11(20)4-5-14(12)27(18)2/h4-9,28H,3H2,1-2H3,(H,23,25,26)/b22-9+. The predicted octanol–water partition coefficient (Wildman–Crippen LogP) is 4.59. The van der Waals surface area contributed by atoms with Crippen molar-refractivity contribution in [3.8, 4) is 11.5 Å². The van der Waals surface area contributed by atoms with Gasteiger partial charge in [-0.15, -0.1) is 10.2 Å². The monoisotopic (exact) mass is 518 g/mol. The van der Waals surface area contributed by atoms with Crippen molar-refractivity contribution < 1.29 is 9.84 Å². The van der Waals surface area contributed by atoms with Crippen LogP contribution in [0.2, 0.25) is 0 Å². The van der Waals surface area contributed by atoms with Crippen LogP contribution >= 0.6 is 31.9 Å². The summed E-state index contributed by atoms with van der Waals surface area (Å²) < 4.78 is 8.87. The number of halogens is 2. The summed E-state index contributed by atoms with van der Waals surface area (Å²) in [4.78, 5) is 4.53. The van der Waals surface area contributed by atoms with Crippen LogP contribution < -0.4 is 10.2 Å². The molecule has 0 saturated carbocycles. The Morgan fingerprint density at radius 2 is 2.07 bits per heavy atom. The second-order valence-electron chi connectivity index (χ2n) is 6.18. The van der Waals surface area contributed by atoms with Gasteiger partial charge in [-0.25, -0.2) is 5.43 Å². The minimum absolute atomic E-state index is 0.0531. The van der Waals surface area contributed by atoms with Gasteiger partial charge in [0.25, 0.3) is 5.95 Å². The summed E-state index contributed by atoms with van der Waals surface area (Å²) in [5.74, 6) is 0.711. The summed E-state index contributed by atoms with van der Waals surface area (Å²) in [6.07, 6.45) is 1.58. The summed E-state index contributed by atoms with van der Waals surface area (Å²) in [5, 5.41) is 23.6. The van der Waals surface area contributed by atoms with Gasteiger partial charge in [0.2, 0.25) is 0 Å². The first-order valence-electron chi connectivity index (χ1n) is 8.70. The van der Waals surface area contributed by atoms with Gasteiger partial charge in [0.15, 0.2) is 17.1 Å². The van der Waals surface area contributed by atoms with E-state index < -0.39 is 0 Å². The summed E-state index contributed by atoms with van der Waals surface area (Å²) in [5.41, 5.74) is 5.97. The Morgan fingerprint density at radius 1 is 1.24 bits per heavy atom. The number of aromatic hydroxyl groups is 1. The molecule has 4 rings (SSSR count). The lowest BCUT2D eigenvalue weighted by molar-refractivity contribution is 0.317. The zero-order chi connectivity index (χ0) is 20.5. The van der Waals surface area contributed by atoms with E-state index in [1.54, 1.807) is 18.3 Å². The molecule has 29 heavy (non-hydrogen) atoms. The number of rotatable bonds is 5. The third-order valence-corrected chi connectivity index (χ3v) is 5.39. The molecule has 2 N–H and O–H groups in total. The van der Waals surface area contributed by atoms with Crippen LogP contribution in [-0.4, -0.2) is 37.7 Å². The van der Waals surface area contributed by atoms with Crippen molar-refractivity contribution in [1.29, 1.82) is 0 Å². The lowest BCUT2D eigenvalue weighted by Crippen LogP contribution is -2.01. The Hall–Kier alpha value is -2.72. The molecule has 0 atom stereocenters. The van der Waals surface area contributed by atoms with E-state index in [0.717, 1.165) is 26.5 Å². The van der Waals surface area contributed by atoms with Gasteiger partial charge in [0.1, 0.15) is 5.52 Å². The molecular weight excluding hydrogens is 504 g/mol. The van der Waals surface area contributed by atoms with Crippen LogP contribution in [0.1, 0.15) is 12.5 Å². The number of anilines is 1. The van der Waals surface area contributed by atoms with E-state index in [4.69, 9.17) is 4.74 Å². The minimum Gasteiger partial charge on any atom is -0.503 e. The van der Waals surface area contributed by atoms with Gasteiger partial charge in [0.05, 0.1) is 22.8 Å². The molecule has 0 aliphatic rings. The van der Waals surface area contributed by atoms with Gasteiger partial charge >= 0.3 is 0 Å². The molecule has 0 aliphatic carbocycles. The highest BCUT2D eigenvalue weighted by atomic mass is 79.9. The first kappa shape index (κ1) is 19.6. The highest BCUT2D eigenvalue weighted by Gasteiger charge is 2.13. The van der Waals surface area contributed by atoms with Gasteiger partial charge in [0, 0.05) is 16.9 Å². The van der Waals surface area contributed by atoms with Crippen molar-refractivity contribution in [2.45, 2.75) is 6.92 Å². The summed E-state index contributed by atoms with van der Waals surface area (Å²) >= 11 is 6.79. The number of ether oxygens (including phenoxy) is 1. The number of hydrazone groups is 1. The Bertz CT molecular complexity index is 1250. The molecule has 0 radical (unpaired) electrons. The lowest BCUT2D eigenvalue weighted by Gasteiger charge is -2.08. The lowest BCUT2D eigenvalue weighted by atomic mass is 10.2. The molecule has 2 aromatic carbocycles. The third kappa shape index (κ3) is 3.77.